The van der Waals surface area contributed by atoms with E-state index in [0.717, 1.165) is 41.9 Å². The SMILES string of the molecule is CC[C@H](C)Oc1cccc(C=Nn2c(C3CCCCC3)nc3ccccc3c2=O)c1. The van der Waals surface area contributed by atoms with E-state index in [0.29, 0.717) is 5.39 Å². The van der Waals surface area contributed by atoms with Crippen LogP contribution in [0.4, 0.5) is 0 Å². The van der Waals surface area contributed by atoms with Crippen molar-refractivity contribution in [1.82, 2.24) is 9.66 Å². The molecule has 1 atom stereocenters. The highest BCUT2D eigenvalue weighted by molar-refractivity contribution is 5.81. The first-order valence-corrected chi connectivity index (χ1v) is 11.0. The minimum absolute atomic E-state index is 0.107. The van der Waals surface area contributed by atoms with E-state index in [4.69, 9.17) is 9.72 Å². The van der Waals surface area contributed by atoms with Gasteiger partial charge in [0, 0.05) is 5.92 Å². The molecule has 0 radical (unpaired) electrons. The average molecular weight is 404 g/mol. The quantitative estimate of drug-likeness (QED) is 0.510. The van der Waals surface area contributed by atoms with E-state index in [-0.39, 0.29) is 17.6 Å². The molecule has 1 saturated carbocycles. The predicted molar refractivity (Wildman–Crippen MR) is 122 cm³/mol. The summed E-state index contributed by atoms with van der Waals surface area (Å²) >= 11 is 0. The molecule has 3 aromatic rings. The van der Waals surface area contributed by atoms with Gasteiger partial charge in [-0.1, -0.05) is 50.5 Å². The van der Waals surface area contributed by atoms with Crippen molar-refractivity contribution in [3.63, 3.8) is 0 Å². The summed E-state index contributed by atoms with van der Waals surface area (Å²) in [6.45, 7) is 4.15. The van der Waals surface area contributed by atoms with Crippen LogP contribution >= 0.6 is 0 Å². The molecule has 0 saturated heterocycles. The minimum atomic E-state index is -0.107. The molecule has 2 aromatic carbocycles. The van der Waals surface area contributed by atoms with Crippen LogP contribution in [-0.4, -0.2) is 22.0 Å². The maximum atomic E-state index is 13.2. The topological polar surface area (TPSA) is 56.5 Å². The van der Waals surface area contributed by atoms with Crippen molar-refractivity contribution in [2.24, 2.45) is 5.10 Å². The molecule has 30 heavy (non-hydrogen) atoms. The standard InChI is InChI=1S/C25H29N3O2/c1-3-18(2)30-21-13-9-10-19(16-21)17-26-28-24(20-11-5-4-6-12-20)27-23-15-8-7-14-22(23)25(28)29/h7-10,13-18,20H,3-6,11-12H2,1-2H3/t18-/m0/s1. The molecule has 5 heteroatoms. The largest absolute Gasteiger partial charge is 0.491 e. The lowest BCUT2D eigenvalue weighted by Crippen LogP contribution is -2.25. The zero-order valence-corrected chi connectivity index (χ0v) is 17.8. The van der Waals surface area contributed by atoms with Gasteiger partial charge in [-0.25, -0.2) is 4.98 Å². The first kappa shape index (κ1) is 20.3. The van der Waals surface area contributed by atoms with E-state index < -0.39 is 0 Å². The van der Waals surface area contributed by atoms with Gasteiger partial charge in [0.25, 0.3) is 5.56 Å². The third kappa shape index (κ3) is 4.45. The van der Waals surface area contributed by atoms with Crippen LogP contribution in [0, 0.1) is 0 Å². The molecule has 0 aliphatic heterocycles. The molecule has 0 spiro atoms. The van der Waals surface area contributed by atoms with Gasteiger partial charge in [-0.15, -0.1) is 0 Å². The van der Waals surface area contributed by atoms with Gasteiger partial charge in [-0.05, 0) is 56.0 Å². The Labute approximate surface area is 177 Å². The van der Waals surface area contributed by atoms with Gasteiger partial charge in [0.2, 0.25) is 0 Å². The average Bonchev–Trinajstić information content (AvgIpc) is 2.79. The number of hydrogen-bond acceptors (Lipinski definition) is 4. The van der Waals surface area contributed by atoms with Crippen LogP contribution in [-0.2, 0) is 0 Å². The Balaban J connectivity index is 1.73. The van der Waals surface area contributed by atoms with E-state index in [1.807, 2.05) is 48.5 Å². The van der Waals surface area contributed by atoms with E-state index in [9.17, 15) is 4.79 Å². The summed E-state index contributed by atoms with van der Waals surface area (Å²) in [7, 11) is 0. The molecule has 1 aromatic heterocycles. The zero-order valence-electron chi connectivity index (χ0n) is 17.8. The number of para-hydroxylation sites is 1. The fraction of sp³-hybridized carbons (Fsp3) is 0.400. The number of nitrogens with zero attached hydrogens (tertiary/aromatic N) is 3. The van der Waals surface area contributed by atoms with Crippen LogP contribution in [0.1, 0.15) is 69.7 Å². The van der Waals surface area contributed by atoms with Crippen LogP contribution in [0.5, 0.6) is 5.75 Å². The Kier molecular flexibility index (Phi) is 6.26. The van der Waals surface area contributed by atoms with Gasteiger partial charge in [-0.3, -0.25) is 4.79 Å². The molecular weight excluding hydrogens is 374 g/mol. The van der Waals surface area contributed by atoms with Gasteiger partial charge in [0.05, 0.1) is 23.2 Å². The van der Waals surface area contributed by atoms with Gasteiger partial charge < -0.3 is 4.74 Å². The Bertz CT molecular complexity index is 1100. The highest BCUT2D eigenvalue weighted by atomic mass is 16.5. The number of aromatic nitrogens is 2. The molecule has 0 N–H and O–H groups in total. The molecular formula is C25H29N3O2. The molecule has 1 aliphatic rings. The summed E-state index contributed by atoms with van der Waals surface area (Å²) in [4.78, 5) is 18.1. The van der Waals surface area contributed by atoms with Crippen molar-refractivity contribution in [3.8, 4) is 5.75 Å². The van der Waals surface area contributed by atoms with E-state index in [1.54, 1.807) is 6.21 Å². The summed E-state index contributed by atoms with van der Waals surface area (Å²) in [6, 6.07) is 15.3. The Hall–Kier alpha value is -2.95. The predicted octanol–water partition coefficient (Wildman–Crippen LogP) is 5.50. The van der Waals surface area contributed by atoms with E-state index in [2.05, 4.69) is 18.9 Å². The van der Waals surface area contributed by atoms with Crippen molar-refractivity contribution in [2.75, 3.05) is 0 Å². The van der Waals surface area contributed by atoms with Crippen molar-refractivity contribution in [1.29, 1.82) is 0 Å². The first-order valence-electron chi connectivity index (χ1n) is 11.0. The lowest BCUT2D eigenvalue weighted by molar-refractivity contribution is 0.217. The lowest BCUT2D eigenvalue weighted by atomic mass is 9.88. The molecule has 0 amide bonds. The third-order valence-electron chi connectivity index (χ3n) is 5.84. The monoisotopic (exact) mass is 403 g/mol. The third-order valence-corrected chi connectivity index (χ3v) is 5.84. The van der Waals surface area contributed by atoms with Crippen molar-refractivity contribution in [3.05, 3.63) is 70.3 Å². The summed E-state index contributed by atoms with van der Waals surface area (Å²) in [5, 5.41) is 5.20. The van der Waals surface area contributed by atoms with Gasteiger partial charge >= 0.3 is 0 Å². The second-order valence-electron chi connectivity index (χ2n) is 8.09. The summed E-state index contributed by atoms with van der Waals surface area (Å²) in [5.41, 5.74) is 1.54. The van der Waals surface area contributed by atoms with Crippen molar-refractivity contribution >= 4 is 17.1 Å². The van der Waals surface area contributed by atoms with Crippen LogP contribution in [0.25, 0.3) is 10.9 Å². The Morgan fingerprint density at radius 2 is 1.97 bits per heavy atom. The van der Waals surface area contributed by atoms with Gasteiger partial charge in [0.1, 0.15) is 11.6 Å². The smallest absolute Gasteiger partial charge is 0.282 e. The van der Waals surface area contributed by atoms with Crippen LogP contribution < -0.4 is 10.3 Å². The van der Waals surface area contributed by atoms with Crippen molar-refractivity contribution in [2.45, 2.75) is 64.4 Å². The number of hydrogen-bond donors (Lipinski definition) is 0. The fourth-order valence-electron chi connectivity index (χ4n) is 3.99. The molecule has 5 nitrogen and oxygen atoms in total. The van der Waals surface area contributed by atoms with Gasteiger partial charge in [-0.2, -0.15) is 9.78 Å². The molecule has 1 fully saturated rings. The lowest BCUT2D eigenvalue weighted by Gasteiger charge is -2.22. The number of benzene rings is 2. The van der Waals surface area contributed by atoms with Crippen LogP contribution in [0.3, 0.4) is 0 Å². The van der Waals surface area contributed by atoms with Crippen LogP contribution in [0.2, 0.25) is 0 Å². The van der Waals surface area contributed by atoms with Gasteiger partial charge in [0.15, 0.2) is 0 Å². The maximum absolute atomic E-state index is 13.2. The summed E-state index contributed by atoms with van der Waals surface area (Å²) < 4.78 is 7.43. The molecule has 1 heterocycles. The number of fused-ring (bicyclic) bond motifs is 1. The van der Waals surface area contributed by atoms with E-state index in [1.165, 1.54) is 23.9 Å². The van der Waals surface area contributed by atoms with Crippen LogP contribution in [0.15, 0.2) is 58.4 Å². The number of rotatable bonds is 6. The Morgan fingerprint density at radius 3 is 2.77 bits per heavy atom. The molecule has 156 valence electrons. The summed E-state index contributed by atoms with van der Waals surface area (Å²) in [6.07, 6.45) is 8.53. The molecule has 4 rings (SSSR count). The second kappa shape index (κ2) is 9.24. The molecule has 0 bridgehead atoms. The fourth-order valence-corrected chi connectivity index (χ4v) is 3.99. The number of ether oxygens (including phenoxy) is 1. The highest BCUT2D eigenvalue weighted by Crippen LogP contribution is 2.31. The van der Waals surface area contributed by atoms with E-state index >= 15 is 0 Å². The molecule has 0 unspecified atom stereocenters. The summed E-state index contributed by atoms with van der Waals surface area (Å²) in [5.74, 6) is 1.86. The molecule has 1 aliphatic carbocycles. The first-order chi connectivity index (χ1) is 14.7. The highest BCUT2D eigenvalue weighted by Gasteiger charge is 2.22. The minimum Gasteiger partial charge on any atom is -0.491 e. The normalized spacial score (nSPS) is 16.2. The maximum Gasteiger partial charge on any atom is 0.282 e. The zero-order chi connectivity index (χ0) is 20.9. The Morgan fingerprint density at radius 1 is 1.17 bits per heavy atom. The van der Waals surface area contributed by atoms with Crippen molar-refractivity contribution < 1.29 is 4.74 Å². The second-order valence-corrected chi connectivity index (χ2v) is 8.09.